The minimum absolute atomic E-state index is 0.113. The highest BCUT2D eigenvalue weighted by atomic mass is 16.4. The Labute approximate surface area is 96.8 Å². The maximum absolute atomic E-state index is 11.4. The molecule has 0 aromatic rings. The summed E-state index contributed by atoms with van der Waals surface area (Å²) in [6.45, 7) is 7.91. The van der Waals surface area contributed by atoms with E-state index in [4.69, 9.17) is 5.73 Å². The van der Waals surface area contributed by atoms with E-state index in [0.717, 1.165) is 19.3 Å². The van der Waals surface area contributed by atoms with Gasteiger partial charge in [0, 0.05) is 17.1 Å². The van der Waals surface area contributed by atoms with Crippen LogP contribution in [-0.4, -0.2) is 33.2 Å². The van der Waals surface area contributed by atoms with Gasteiger partial charge in [-0.15, -0.1) is 0 Å². The van der Waals surface area contributed by atoms with E-state index < -0.39 is 6.09 Å². The highest BCUT2D eigenvalue weighted by Gasteiger charge is 2.73. The number of carbonyl (C=O) groups is 1. The Bertz CT molecular complexity index is 311. The molecule has 3 aliphatic carbocycles. The molecule has 3 saturated carbocycles. The molecular weight excluding hydrogens is 204 g/mol. The second-order valence-electron chi connectivity index (χ2n) is 6.69. The Morgan fingerprint density at radius 3 is 2.06 bits per heavy atom. The van der Waals surface area contributed by atoms with Crippen LogP contribution in [0.4, 0.5) is 4.79 Å². The van der Waals surface area contributed by atoms with Crippen molar-refractivity contribution in [2.75, 3.05) is 0 Å². The van der Waals surface area contributed by atoms with Gasteiger partial charge < -0.3 is 10.8 Å². The molecule has 0 spiro atoms. The Morgan fingerprint density at radius 2 is 1.81 bits per heavy atom. The number of nitrogens with two attached hydrogens (primary N) is 1. The smallest absolute Gasteiger partial charge is 0.408 e. The molecule has 4 nitrogen and oxygen atoms in total. The lowest BCUT2D eigenvalue weighted by atomic mass is 9.36. The molecule has 2 bridgehead atoms. The van der Waals surface area contributed by atoms with Gasteiger partial charge in [-0.05, 0) is 52.4 Å². The van der Waals surface area contributed by atoms with Crippen LogP contribution in [0.25, 0.3) is 0 Å². The van der Waals surface area contributed by atoms with Gasteiger partial charge >= 0.3 is 6.09 Å². The summed E-state index contributed by atoms with van der Waals surface area (Å²) in [6, 6.07) is 0.185. The molecule has 1 amide bonds. The number of carboxylic acid groups (broad SMARTS) is 1. The third kappa shape index (κ3) is 1.29. The first-order valence-corrected chi connectivity index (χ1v) is 5.92. The predicted octanol–water partition coefficient (Wildman–Crippen LogP) is 2.03. The van der Waals surface area contributed by atoms with E-state index in [1.54, 1.807) is 4.90 Å². The molecule has 0 unspecified atom stereocenters. The standard InChI is InChI=1S/C12H22N2O2/c1-8(13)11-5-12(6-11,7-11)14(9(15)16)10(2,3)4/h8H,5-7,13H2,1-4H3,(H,15,16)/t8-,11?,12?/m0/s1. The Morgan fingerprint density at radius 1 is 1.38 bits per heavy atom. The van der Waals surface area contributed by atoms with Gasteiger partial charge in [-0.2, -0.15) is 0 Å². The van der Waals surface area contributed by atoms with E-state index in [1.165, 1.54) is 0 Å². The summed E-state index contributed by atoms with van der Waals surface area (Å²) in [5, 5.41) is 9.35. The van der Waals surface area contributed by atoms with Crippen LogP contribution in [0.2, 0.25) is 0 Å². The van der Waals surface area contributed by atoms with Gasteiger partial charge in [0.1, 0.15) is 0 Å². The summed E-state index contributed by atoms with van der Waals surface area (Å²) in [6.07, 6.45) is 2.04. The fraction of sp³-hybridized carbons (Fsp3) is 0.917. The summed E-state index contributed by atoms with van der Waals surface area (Å²) < 4.78 is 0. The number of hydrogen-bond acceptors (Lipinski definition) is 2. The molecule has 0 radical (unpaired) electrons. The van der Waals surface area contributed by atoms with E-state index in [-0.39, 0.29) is 22.5 Å². The third-order valence-corrected chi connectivity index (χ3v) is 4.35. The average molecular weight is 226 g/mol. The van der Waals surface area contributed by atoms with Crippen LogP contribution in [0.5, 0.6) is 0 Å². The highest BCUT2D eigenvalue weighted by molar-refractivity contribution is 5.68. The van der Waals surface area contributed by atoms with Gasteiger partial charge in [0.25, 0.3) is 0 Å². The molecule has 16 heavy (non-hydrogen) atoms. The molecule has 1 atom stereocenters. The SMILES string of the molecule is C[C@H](N)C12CC(N(C(=O)O)C(C)(C)C)(C1)C2. The number of nitrogens with zero attached hydrogens (tertiary/aromatic N) is 1. The van der Waals surface area contributed by atoms with Crippen molar-refractivity contribution in [2.45, 2.75) is 64.1 Å². The molecule has 3 rings (SSSR count). The summed E-state index contributed by atoms with van der Waals surface area (Å²) in [4.78, 5) is 13.0. The zero-order valence-corrected chi connectivity index (χ0v) is 10.6. The van der Waals surface area contributed by atoms with E-state index in [9.17, 15) is 9.90 Å². The molecule has 0 aliphatic heterocycles. The van der Waals surface area contributed by atoms with Crippen molar-refractivity contribution in [3.8, 4) is 0 Å². The maximum Gasteiger partial charge on any atom is 0.408 e. The Balaban J connectivity index is 2.14. The number of hydrogen-bond donors (Lipinski definition) is 2. The lowest BCUT2D eigenvalue weighted by Crippen LogP contribution is -2.81. The van der Waals surface area contributed by atoms with Gasteiger partial charge in [0.15, 0.2) is 0 Å². The first kappa shape index (κ1) is 11.7. The van der Waals surface area contributed by atoms with Gasteiger partial charge in [-0.1, -0.05) is 0 Å². The average Bonchev–Trinajstić information content (AvgIpc) is 1.87. The van der Waals surface area contributed by atoms with Gasteiger partial charge in [-0.25, -0.2) is 4.79 Å². The van der Waals surface area contributed by atoms with Crippen molar-refractivity contribution < 1.29 is 9.90 Å². The van der Waals surface area contributed by atoms with Crippen molar-refractivity contribution in [3.63, 3.8) is 0 Å². The molecule has 4 heteroatoms. The first-order valence-electron chi connectivity index (χ1n) is 5.92. The fourth-order valence-corrected chi connectivity index (χ4v) is 3.73. The van der Waals surface area contributed by atoms with Crippen LogP contribution in [-0.2, 0) is 0 Å². The van der Waals surface area contributed by atoms with Crippen molar-refractivity contribution in [3.05, 3.63) is 0 Å². The number of rotatable bonds is 2. The second-order valence-corrected chi connectivity index (χ2v) is 6.69. The molecular formula is C12H22N2O2. The monoisotopic (exact) mass is 226 g/mol. The highest BCUT2D eigenvalue weighted by Crippen LogP contribution is 2.71. The normalized spacial score (nSPS) is 38.3. The van der Waals surface area contributed by atoms with E-state index in [1.807, 2.05) is 27.7 Å². The summed E-state index contributed by atoms with van der Waals surface area (Å²) in [5.74, 6) is 0. The maximum atomic E-state index is 11.4. The van der Waals surface area contributed by atoms with Crippen LogP contribution in [0, 0.1) is 5.41 Å². The quantitative estimate of drug-likeness (QED) is 0.757. The van der Waals surface area contributed by atoms with E-state index in [0.29, 0.717) is 0 Å². The second kappa shape index (κ2) is 2.92. The zero-order chi connectivity index (χ0) is 12.4. The van der Waals surface area contributed by atoms with Crippen LogP contribution < -0.4 is 5.73 Å². The lowest BCUT2D eigenvalue weighted by molar-refractivity contribution is -0.233. The molecule has 92 valence electrons. The summed E-state index contributed by atoms with van der Waals surface area (Å²) in [7, 11) is 0. The van der Waals surface area contributed by atoms with E-state index in [2.05, 4.69) is 0 Å². The molecule has 3 fully saturated rings. The lowest BCUT2D eigenvalue weighted by Gasteiger charge is -2.76. The van der Waals surface area contributed by atoms with Gasteiger partial charge in [-0.3, -0.25) is 4.90 Å². The molecule has 0 aromatic heterocycles. The third-order valence-electron chi connectivity index (χ3n) is 4.35. The fourth-order valence-electron chi connectivity index (χ4n) is 3.73. The van der Waals surface area contributed by atoms with Crippen molar-refractivity contribution >= 4 is 6.09 Å². The molecule has 3 N–H and O–H groups in total. The van der Waals surface area contributed by atoms with Crippen molar-refractivity contribution in [1.82, 2.24) is 4.90 Å². The Hall–Kier alpha value is -0.770. The summed E-state index contributed by atoms with van der Waals surface area (Å²) >= 11 is 0. The zero-order valence-electron chi connectivity index (χ0n) is 10.6. The molecule has 3 aliphatic rings. The molecule has 0 aromatic carbocycles. The van der Waals surface area contributed by atoms with E-state index >= 15 is 0 Å². The topological polar surface area (TPSA) is 66.6 Å². The minimum atomic E-state index is -0.800. The van der Waals surface area contributed by atoms with Crippen LogP contribution >= 0.6 is 0 Å². The largest absolute Gasteiger partial charge is 0.465 e. The molecule has 0 saturated heterocycles. The summed E-state index contributed by atoms with van der Waals surface area (Å²) in [5.41, 5.74) is 5.75. The van der Waals surface area contributed by atoms with Crippen molar-refractivity contribution in [1.29, 1.82) is 0 Å². The van der Waals surface area contributed by atoms with Crippen LogP contribution in [0.15, 0.2) is 0 Å². The Kier molecular flexibility index (Phi) is 2.13. The predicted molar refractivity (Wildman–Crippen MR) is 62.3 cm³/mol. The number of amides is 1. The minimum Gasteiger partial charge on any atom is -0.465 e. The van der Waals surface area contributed by atoms with Gasteiger partial charge in [0.2, 0.25) is 0 Å². The van der Waals surface area contributed by atoms with Crippen LogP contribution in [0.3, 0.4) is 0 Å². The van der Waals surface area contributed by atoms with Crippen LogP contribution in [0.1, 0.15) is 47.0 Å². The first-order chi connectivity index (χ1) is 7.13. The van der Waals surface area contributed by atoms with Gasteiger partial charge in [0.05, 0.1) is 0 Å². The molecule has 0 heterocycles. The van der Waals surface area contributed by atoms with Crippen molar-refractivity contribution in [2.24, 2.45) is 11.1 Å².